The minimum atomic E-state index is 0.476. The Balaban J connectivity index is 2.68. The van der Waals surface area contributed by atoms with Crippen LogP contribution in [0.2, 0.25) is 0 Å². The van der Waals surface area contributed by atoms with Gasteiger partial charge in [0.25, 0.3) is 0 Å². The summed E-state index contributed by atoms with van der Waals surface area (Å²) >= 11 is 0. The van der Waals surface area contributed by atoms with Gasteiger partial charge < -0.3 is 10.2 Å². The third-order valence-corrected chi connectivity index (χ3v) is 4.11. The fourth-order valence-electron chi connectivity index (χ4n) is 2.97. The molecule has 0 heterocycles. The summed E-state index contributed by atoms with van der Waals surface area (Å²) in [4.78, 5) is 2.58. The molecule has 0 aliphatic heterocycles. The molecule has 0 aliphatic carbocycles. The molecule has 0 bridgehead atoms. The van der Waals surface area contributed by atoms with Crippen LogP contribution in [0.4, 0.5) is 0 Å². The number of aryl methyl sites for hydroxylation is 2. The standard InChI is InChI=1S/C19H34N2/c1-6-9-11-21(8-3)12-10-19(20-7-2)18-14-16(4)13-17(5)15-18/h13-15,19-20H,6-12H2,1-5H3. The van der Waals surface area contributed by atoms with E-state index in [9.17, 15) is 0 Å². The van der Waals surface area contributed by atoms with Gasteiger partial charge >= 0.3 is 0 Å². The van der Waals surface area contributed by atoms with Crippen molar-refractivity contribution in [1.82, 2.24) is 10.2 Å². The number of unbranched alkanes of at least 4 members (excludes halogenated alkanes) is 1. The molecule has 0 amide bonds. The molecule has 0 radical (unpaired) electrons. The van der Waals surface area contributed by atoms with E-state index in [1.807, 2.05) is 0 Å². The molecule has 0 saturated heterocycles. The second-order valence-electron chi connectivity index (χ2n) is 6.11. The SMILES string of the molecule is CCCCN(CC)CCC(NCC)c1cc(C)cc(C)c1. The monoisotopic (exact) mass is 290 g/mol. The number of nitrogens with zero attached hydrogens (tertiary/aromatic N) is 1. The van der Waals surface area contributed by atoms with Gasteiger partial charge in [-0.25, -0.2) is 0 Å². The first-order valence-corrected chi connectivity index (χ1v) is 8.64. The highest BCUT2D eigenvalue weighted by atomic mass is 15.1. The van der Waals surface area contributed by atoms with Gasteiger partial charge in [0, 0.05) is 6.04 Å². The molecule has 1 aromatic rings. The zero-order valence-electron chi connectivity index (χ0n) is 14.7. The number of benzene rings is 1. The molecule has 0 saturated carbocycles. The summed E-state index contributed by atoms with van der Waals surface area (Å²) in [6.45, 7) is 15.7. The lowest BCUT2D eigenvalue weighted by molar-refractivity contribution is 0.265. The maximum Gasteiger partial charge on any atom is 0.0332 e. The van der Waals surface area contributed by atoms with Gasteiger partial charge in [0.2, 0.25) is 0 Å². The quantitative estimate of drug-likeness (QED) is 0.684. The molecule has 21 heavy (non-hydrogen) atoms. The van der Waals surface area contributed by atoms with E-state index >= 15 is 0 Å². The van der Waals surface area contributed by atoms with Crippen LogP contribution in [0.1, 0.15) is 62.8 Å². The van der Waals surface area contributed by atoms with E-state index in [1.165, 1.54) is 49.0 Å². The van der Waals surface area contributed by atoms with E-state index in [0.717, 1.165) is 13.1 Å². The highest BCUT2D eigenvalue weighted by Gasteiger charge is 2.13. The lowest BCUT2D eigenvalue weighted by atomic mass is 9.99. The molecule has 1 rings (SSSR count). The average Bonchev–Trinajstić information content (AvgIpc) is 2.45. The Morgan fingerprint density at radius 1 is 1.00 bits per heavy atom. The summed E-state index contributed by atoms with van der Waals surface area (Å²) in [7, 11) is 0. The molecule has 1 N–H and O–H groups in total. The Kier molecular flexibility index (Phi) is 8.63. The minimum Gasteiger partial charge on any atom is -0.310 e. The van der Waals surface area contributed by atoms with Crippen molar-refractivity contribution in [3.63, 3.8) is 0 Å². The van der Waals surface area contributed by atoms with Crippen LogP contribution in [0.3, 0.4) is 0 Å². The van der Waals surface area contributed by atoms with Gasteiger partial charge in [-0.05, 0) is 58.4 Å². The molecule has 120 valence electrons. The lowest BCUT2D eigenvalue weighted by Crippen LogP contribution is -2.30. The second kappa shape index (κ2) is 9.97. The minimum absolute atomic E-state index is 0.476. The Morgan fingerprint density at radius 3 is 2.19 bits per heavy atom. The van der Waals surface area contributed by atoms with Gasteiger partial charge in [-0.3, -0.25) is 0 Å². The molecule has 0 aromatic heterocycles. The van der Waals surface area contributed by atoms with Gasteiger partial charge in [-0.1, -0.05) is 56.5 Å². The van der Waals surface area contributed by atoms with Crippen LogP contribution in [-0.2, 0) is 0 Å². The summed E-state index contributed by atoms with van der Waals surface area (Å²) in [5, 5.41) is 3.66. The van der Waals surface area contributed by atoms with Crippen molar-refractivity contribution < 1.29 is 0 Å². The van der Waals surface area contributed by atoms with Crippen LogP contribution in [-0.4, -0.2) is 31.1 Å². The van der Waals surface area contributed by atoms with Crippen LogP contribution in [0.5, 0.6) is 0 Å². The van der Waals surface area contributed by atoms with Crippen molar-refractivity contribution in [2.75, 3.05) is 26.2 Å². The fraction of sp³-hybridized carbons (Fsp3) is 0.684. The topological polar surface area (TPSA) is 15.3 Å². The summed E-state index contributed by atoms with van der Waals surface area (Å²) in [5.41, 5.74) is 4.18. The second-order valence-corrected chi connectivity index (χ2v) is 6.11. The van der Waals surface area contributed by atoms with Crippen LogP contribution in [0, 0.1) is 13.8 Å². The number of hydrogen-bond donors (Lipinski definition) is 1. The van der Waals surface area contributed by atoms with Crippen molar-refractivity contribution in [2.45, 2.75) is 59.9 Å². The molecule has 0 aliphatic rings. The smallest absolute Gasteiger partial charge is 0.0332 e. The normalized spacial score (nSPS) is 12.9. The maximum atomic E-state index is 3.66. The molecule has 0 fully saturated rings. The molecular weight excluding hydrogens is 256 g/mol. The highest BCUT2D eigenvalue weighted by molar-refractivity contribution is 5.30. The molecule has 0 spiro atoms. The predicted octanol–water partition coefficient (Wildman–Crippen LogP) is 4.47. The molecule has 1 unspecified atom stereocenters. The van der Waals surface area contributed by atoms with Crippen molar-refractivity contribution in [3.8, 4) is 0 Å². The Labute approximate surface area is 131 Å². The van der Waals surface area contributed by atoms with Crippen LogP contribution >= 0.6 is 0 Å². The molecule has 1 atom stereocenters. The summed E-state index contributed by atoms with van der Waals surface area (Å²) in [6.07, 6.45) is 3.78. The van der Waals surface area contributed by atoms with E-state index in [2.05, 4.69) is 63.0 Å². The Morgan fingerprint density at radius 2 is 1.67 bits per heavy atom. The zero-order valence-corrected chi connectivity index (χ0v) is 14.7. The first-order chi connectivity index (χ1) is 10.1. The molecule has 2 heteroatoms. The number of nitrogens with one attached hydrogen (secondary N) is 1. The Hall–Kier alpha value is -0.860. The third kappa shape index (κ3) is 6.62. The van der Waals surface area contributed by atoms with E-state index in [0.29, 0.717) is 6.04 Å². The van der Waals surface area contributed by atoms with E-state index in [-0.39, 0.29) is 0 Å². The number of hydrogen-bond acceptors (Lipinski definition) is 2. The van der Waals surface area contributed by atoms with Crippen LogP contribution in [0.15, 0.2) is 18.2 Å². The van der Waals surface area contributed by atoms with Crippen LogP contribution in [0.25, 0.3) is 0 Å². The van der Waals surface area contributed by atoms with Gasteiger partial charge in [-0.15, -0.1) is 0 Å². The largest absolute Gasteiger partial charge is 0.310 e. The summed E-state index contributed by atoms with van der Waals surface area (Å²) in [6, 6.07) is 7.40. The van der Waals surface area contributed by atoms with E-state index in [4.69, 9.17) is 0 Å². The van der Waals surface area contributed by atoms with E-state index in [1.54, 1.807) is 0 Å². The molecular formula is C19H34N2. The van der Waals surface area contributed by atoms with E-state index < -0.39 is 0 Å². The van der Waals surface area contributed by atoms with Gasteiger partial charge in [0.05, 0.1) is 0 Å². The number of rotatable bonds is 10. The molecule has 2 nitrogen and oxygen atoms in total. The Bertz CT molecular complexity index is 380. The predicted molar refractivity (Wildman–Crippen MR) is 94.0 cm³/mol. The summed E-state index contributed by atoms with van der Waals surface area (Å²) < 4.78 is 0. The fourth-order valence-corrected chi connectivity index (χ4v) is 2.97. The van der Waals surface area contributed by atoms with Crippen molar-refractivity contribution in [3.05, 3.63) is 34.9 Å². The summed E-state index contributed by atoms with van der Waals surface area (Å²) in [5.74, 6) is 0. The van der Waals surface area contributed by atoms with Gasteiger partial charge in [0.1, 0.15) is 0 Å². The molecule has 1 aromatic carbocycles. The van der Waals surface area contributed by atoms with Crippen molar-refractivity contribution in [1.29, 1.82) is 0 Å². The van der Waals surface area contributed by atoms with Gasteiger partial charge in [-0.2, -0.15) is 0 Å². The first kappa shape index (κ1) is 18.2. The first-order valence-electron chi connectivity index (χ1n) is 8.64. The van der Waals surface area contributed by atoms with Crippen molar-refractivity contribution in [2.24, 2.45) is 0 Å². The van der Waals surface area contributed by atoms with Gasteiger partial charge in [0.15, 0.2) is 0 Å². The van der Waals surface area contributed by atoms with Crippen LogP contribution < -0.4 is 5.32 Å². The van der Waals surface area contributed by atoms with Crippen molar-refractivity contribution >= 4 is 0 Å². The zero-order chi connectivity index (χ0) is 15.7. The average molecular weight is 290 g/mol. The highest BCUT2D eigenvalue weighted by Crippen LogP contribution is 2.20. The maximum absolute atomic E-state index is 3.66. The lowest BCUT2D eigenvalue weighted by Gasteiger charge is -2.25. The third-order valence-electron chi connectivity index (χ3n) is 4.11.